The first-order valence-corrected chi connectivity index (χ1v) is 4.96. The zero-order valence-electron chi connectivity index (χ0n) is 8.59. The number of carbonyl (C=O) groups is 1. The highest BCUT2D eigenvalue weighted by atomic mass is 35.5. The lowest BCUT2D eigenvalue weighted by Crippen LogP contribution is -2.01. The summed E-state index contributed by atoms with van der Waals surface area (Å²) < 4.78 is 17.4. The summed E-state index contributed by atoms with van der Waals surface area (Å²) in [5.41, 5.74) is 0.304. The molecule has 0 amide bonds. The van der Waals surface area contributed by atoms with Crippen LogP contribution in [0, 0.1) is 17.8 Å². The molecule has 1 heterocycles. The third-order valence-corrected chi connectivity index (χ3v) is 1.88. The molecule has 0 spiro atoms. The number of esters is 1. The van der Waals surface area contributed by atoms with Crippen LogP contribution in [-0.4, -0.2) is 17.6 Å². The van der Waals surface area contributed by atoms with Gasteiger partial charge in [-0.3, -0.25) is 4.79 Å². The number of ether oxygens (including phenoxy) is 1. The Morgan fingerprint density at radius 1 is 1.69 bits per heavy atom. The summed E-state index contributed by atoms with van der Waals surface area (Å²) in [6.45, 7) is 2.02. The van der Waals surface area contributed by atoms with Crippen molar-refractivity contribution in [1.82, 2.24) is 4.98 Å². The van der Waals surface area contributed by atoms with Crippen molar-refractivity contribution in [2.45, 2.75) is 13.3 Å². The van der Waals surface area contributed by atoms with Gasteiger partial charge in [0, 0.05) is 17.8 Å². The normalized spacial score (nSPS) is 9.19. The van der Waals surface area contributed by atoms with Crippen molar-refractivity contribution < 1.29 is 13.9 Å². The van der Waals surface area contributed by atoms with Gasteiger partial charge in [0.1, 0.15) is 6.42 Å². The van der Waals surface area contributed by atoms with Crippen LogP contribution >= 0.6 is 11.6 Å². The second kappa shape index (κ2) is 6.09. The van der Waals surface area contributed by atoms with Gasteiger partial charge >= 0.3 is 5.97 Å². The molecule has 84 valence electrons. The second-order valence-corrected chi connectivity index (χ2v) is 3.18. The fraction of sp³-hybridized carbons (Fsp3) is 0.273. The minimum absolute atomic E-state index is 0.0475. The molecule has 0 N–H and O–H groups in total. The zero-order valence-corrected chi connectivity index (χ0v) is 9.34. The van der Waals surface area contributed by atoms with E-state index in [1.54, 1.807) is 6.92 Å². The highest BCUT2D eigenvalue weighted by molar-refractivity contribution is 6.31. The van der Waals surface area contributed by atoms with Crippen molar-refractivity contribution in [3.63, 3.8) is 0 Å². The lowest BCUT2D eigenvalue weighted by Gasteiger charge is -1.96. The number of halogens is 2. The summed E-state index contributed by atoms with van der Waals surface area (Å²) in [5.74, 6) is 4.05. The van der Waals surface area contributed by atoms with E-state index in [0.29, 0.717) is 12.2 Å². The van der Waals surface area contributed by atoms with Crippen molar-refractivity contribution >= 4 is 17.6 Å². The van der Waals surface area contributed by atoms with Gasteiger partial charge in [-0.25, -0.2) is 4.98 Å². The molecule has 0 aliphatic carbocycles. The van der Waals surface area contributed by atoms with Crippen molar-refractivity contribution in [2.75, 3.05) is 6.61 Å². The van der Waals surface area contributed by atoms with Gasteiger partial charge in [0.15, 0.2) is 0 Å². The predicted octanol–water partition coefficient (Wildman–Crippen LogP) is 2.18. The number of aromatic nitrogens is 1. The van der Waals surface area contributed by atoms with Gasteiger partial charge in [0.05, 0.1) is 11.6 Å². The van der Waals surface area contributed by atoms with Gasteiger partial charge in [0.2, 0.25) is 5.95 Å². The molecule has 0 bridgehead atoms. The second-order valence-electron chi connectivity index (χ2n) is 2.77. The van der Waals surface area contributed by atoms with E-state index in [9.17, 15) is 9.18 Å². The van der Waals surface area contributed by atoms with Gasteiger partial charge < -0.3 is 4.74 Å². The smallest absolute Gasteiger partial charge is 0.317 e. The van der Waals surface area contributed by atoms with E-state index in [2.05, 4.69) is 21.6 Å². The molecule has 0 aliphatic rings. The van der Waals surface area contributed by atoms with Crippen molar-refractivity contribution in [3.05, 3.63) is 28.8 Å². The Morgan fingerprint density at radius 2 is 2.44 bits per heavy atom. The number of hydrogen-bond acceptors (Lipinski definition) is 3. The van der Waals surface area contributed by atoms with E-state index in [-0.39, 0.29) is 11.4 Å². The Kier molecular flexibility index (Phi) is 4.74. The maximum atomic E-state index is 12.7. The summed E-state index contributed by atoms with van der Waals surface area (Å²) in [7, 11) is 0. The molecule has 0 aromatic carbocycles. The van der Waals surface area contributed by atoms with Crippen molar-refractivity contribution in [3.8, 4) is 11.8 Å². The number of hydrogen-bond donors (Lipinski definition) is 0. The summed E-state index contributed by atoms with van der Waals surface area (Å²) in [5, 5.41) is 0.248. The first kappa shape index (κ1) is 12.5. The fourth-order valence-corrected chi connectivity index (χ4v) is 1.08. The lowest BCUT2D eigenvalue weighted by atomic mass is 10.2. The van der Waals surface area contributed by atoms with Gasteiger partial charge in [-0.05, 0) is 6.92 Å². The number of rotatable bonds is 2. The lowest BCUT2D eigenvalue weighted by molar-refractivity contribution is -0.141. The van der Waals surface area contributed by atoms with Crippen molar-refractivity contribution in [2.24, 2.45) is 0 Å². The first-order valence-electron chi connectivity index (χ1n) is 4.59. The van der Waals surface area contributed by atoms with Crippen LogP contribution in [0.3, 0.4) is 0 Å². The molecule has 0 radical (unpaired) electrons. The monoisotopic (exact) mass is 241 g/mol. The zero-order chi connectivity index (χ0) is 12.0. The molecule has 0 saturated heterocycles. The van der Waals surface area contributed by atoms with E-state index < -0.39 is 11.9 Å². The standard InChI is InChI=1S/C11H9ClFNO2/c1-2-16-11(15)5-3-4-8-6-10(13)14-7-9(8)12/h6-7H,2,5H2,1H3. The van der Waals surface area contributed by atoms with E-state index in [1.165, 1.54) is 6.20 Å². The van der Waals surface area contributed by atoms with Crippen LogP contribution in [0.4, 0.5) is 4.39 Å². The summed E-state index contributed by atoms with van der Waals surface area (Å²) in [4.78, 5) is 14.3. The van der Waals surface area contributed by atoms with Crippen LogP contribution in [0.5, 0.6) is 0 Å². The van der Waals surface area contributed by atoms with Crippen LogP contribution in [0.25, 0.3) is 0 Å². The molecule has 0 fully saturated rings. The predicted molar refractivity (Wildman–Crippen MR) is 57.3 cm³/mol. The Hall–Kier alpha value is -1.60. The van der Waals surface area contributed by atoms with Gasteiger partial charge in [0.25, 0.3) is 0 Å². The highest BCUT2D eigenvalue weighted by Gasteiger charge is 2.00. The molecule has 0 atom stereocenters. The summed E-state index contributed by atoms with van der Waals surface area (Å²) in [6, 6.07) is 1.11. The summed E-state index contributed by atoms with van der Waals surface area (Å²) in [6.07, 6.45) is 1.12. The van der Waals surface area contributed by atoms with E-state index in [1.807, 2.05) is 0 Å². The topological polar surface area (TPSA) is 39.2 Å². The summed E-state index contributed by atoms with van der Waals surface area (Å²) >= 11 is 5.72. The number of nitrogens with zero attached hydrogens (tertiary/aromatic N) is 1. The third kappa shape index (κ3) is 3.87. The van der Waals surface area contributed by atoms with Crippen LogP contribution in [0.15, 0.2) is 12.3 Å². The molecular weight excluding hydrogens is 233 g/mol. The third-order valence-electron chi connectivity index (χ3n) is 1.58. The largest absolute Gasteiger partial charge is 0.465 e. The quantitative estimate of drug-likeness (QED) is 0.453. The maximum absolute atomic E-state index is 12.7. The van der Waals surface area contributed by atoms with E-state index in [0.717, 1.165) is 6.07 Å². The Morgan fingerprint density at radius 3 is 3.12 bits per heavy atom. The van der Waals surface area contributed by atoms with E-state index >= 15 is 0 Å². The maximum Gasteiger partial charge on any atom is 0.317 e. The molecule has 3 nitrogen and oxygen atoms in total. The van der Waals surface area contributed by atoms with Gasteiger partial charge in [-0.1, -0.05) is 23.4 Å². The molecule has 1 aromatic heterocycles. The molecule has 1 rings (SSSR count). The van der Waals surface area contributed by atoms with Gasteiger partial charge in [-0.2, -0.15) is 4.39 Å². The van der Waals surface area contributed by atoms with Crippen LogP contribution in [0.1, 0.15) is 18.9 Å². The molecule has 0 aliphatic heterocycles. The van der Waals surface area contributed by atoms with Crippen LogP contribution in [-0.2, 0) is 9.53 Å². The van der Waals surface area contributed by atoms with E-state index in [4.69, 9.17) is 11.6 Å². The first-order chi connectivity index (χ1) is 7.63. The molecule has 5 heteroatoms. The molecule has 0 saturated carbocycles. The molecular formula is C11H9ClFNO2. The number of pyridine rings is 1. The SMILES string of the molecule is CCOC(=O)CC#Cc1cc(F)ncc1Cl. The van der Waals surface area contributed by atoms with Crippen LogP contribution < -0.4 is 0 Å². The Bertz CT molecular complexity index is 451. The average molecular weight is 242 g/mol. The molecule has 16 heavy (non-hydrogen) atoms. The molecule has 1 aromatic rings. The number of carbonyl (C=O) groups excluding carboxylic acids is 1. The minimum Gasteiger partial charge on any atom is -0.465 e. The Balaban J connectivity index is 2.69. The van der Waals surface area contributed by atoms with Crippen LogP contribution in [0.2, 0.25) is 5.02 Å². The fourth-order valence-electron chi connectivity index (χ4n) is 0.933. The average Bonchev–Trinajstić information content (AvgIpc) is 2.23. The Labute approximate surface area is 97.6 Å². The van der Waals surface area contributed by atoms with Crippen molar-refractivity contribution in [1.29, 1.82) is 0 Å². The van der Waals surface area contributed by atoms with Gasteiger partial charge in [-0.15, -0.1) is 0 Å². The minimum atomic E-state index is -0.662. The highest BCUT2D eigenvalue weighted by Crippen LogP contribution is 2.13. The molecule has 0 unspecified atom stereocenters.